The van der Waals surface area contributed by atoms with E-state index in [1.165, 1.54) is 16.4 Å². The van der Waals surface area contributed by atoms with E-state index in [2.05, 4.69) is 5.32 Å². The summed E-state index contributed by atoms with van der Waals surface area (Å²) in [5.74, 6) is -0.373. The maximum Gasteiger partial charge on any atom is 0.265 e. The van der Waals surface area contributed by atoms with Crippen molar-refractivity contribution in [2.75, 3.05) is 29.4 Å². The molecule has 1 N–H and O–H groups in total. The average molecular weight is 481 g/mol. The van der Waals surface area contributed by atoms with Crippen LogP contribution < -0.4 is 9.62 Å². The monoisotopic (exact) mass is 480 g/mol. The van der Waals surface area contributed by atoms with Gasteiger partial charge in [-0.25, -0.2) is 8.42 Å². The van der Waals surface area contributed by atoms with Crippen molar-refractivity contribution in [3.8, 4) is 0 Å². The lowest BCUT2D eigenvalue weighted by Crippen LogP contribution is -2.33. The number of rotatable bonds is 9. The molecule has 0 radical (unpaired) electrons. The summed E-state index contributed by atoms with van der Waals surface area (Å²) in [4.78, 5) is 12.5. The van der Waals surface area contributed by atoms with Gasteiger partial charge in [-0.2, -0.15) is 0 Å². The molecule has 0 spiro atoms. The number of ether oxygens (including phenoxy) is 2. The van der Waals surface area contributed by atoms with E-state index >= 15 is 0 Å². The minimum atomic E-state index is -3.94. The van der Waals surface area contributed by atoms with Crippen LogP contribution in [-0.2, 0) is 24.3 Å². The van der Waals surface area contributed by atoms with Gasteiger partial charge >= 0.3 is 0 Å². The Hall–Kier alpha value is -2.13. The molecule has 2 aromatic rings. The first-order chi connectivity index (χ1) is 15.3. The van der Waals surface area contributed by atoms with E-state index < -0.39 is 16.1 Å². The Kier molecular flexibility index (Phi) is 8.53. The maximum absolute atomic E-state index is 13.3. The Bertz CT molecular complexity index is 1010. The van der Waals surface area contributed by atoms with Crippen LogP contribution in [-0.4, -0.2) is 46.3 Å². The van der Waals surface area contributed by atoms with Crippen LogP contribution in [0, 0.1) is 0 Å². The van der Waals surface area contributed by atoms with Crippen molar-refractivity contribution in [1.29, 1.82) is 0 Å². The van der Waals surface area contributed by atoms with Crippen LogP contribution in [0.3, 0.4) is 0 Å². The minimum absolute atomic E-state index is 0.00397. The normalized spacial score (nSPS) is 17.5. The van der Waals surface area contributed by atoms with Crippen LogP contribution in [0.1, 0.15) is 33.1 Å². The molecular weight excluding hydrogens is 452 g/mol. The highest BCUT2D eigenvalue weighted by atomic mass is 35.5. The third-order valence-corrected chi connectivity index (χ3v) is 7.66. The van der Waals surface area contributed by atoms with Crippen molar-refractivity contribution >= 4 is 38.9 Å². The van der Waals surface area contributed by atoms with Gasteiger partial charge in [-0.15, -0.1) is 0 Å². The number of sulfonamides is 1. The lowest BCUT2D eigenvalue weighted by atomic mass is 10.1. The molecule has 2 atom stereocenters. The number of halogens is 1. The van der Waals surface area contributed by atoms with Gasteiger partial charge in [0.15, 0.2) is 0 Å². The molecule has 2 aromatic carbocycles. The highest BCUT2D eigenvalue weighted by Crippen LogP contribution is 2.30. The highest BCUT2D eigenvalue weighted by molar-refractivity contribution is 7.93. The number of nitrogens with one attached hydrogen (secondary N) is 1. The number of para-hydroxylation sites is 1. The van der Waals surface area contributed by atoms with Crippen LogP contribution in [0.25, 0.3) is 0 Å². The lowest BCUT2D eigenvalue weighted by molar-refractivity contribution is -0.130. The SMILES string of the molecule is CCN(c1ccccc1)S(=O)(=O)c1cc(NC(=O)C(C)OCC2CCCCO2)ccc1Cl. The van der Waals surface area contributed by atoms with E-state index in [0.717, 1.165) is 19.3 Å². The Balaban J connectivity index is 1.72. The van der Waals surface area contributed by atoms with Crippen LogP contribution in [0.15, 0.2) is 53.4 Å². The summed E-state index contributed by atoms with van der Waals surface area (Å²) in [6, 6.07) is 13.2. The number of carbonyl (C=O) groups is 1. The van der Waals surface area contributed by atoms with Gasteiger partial charge < -0.3 is 14.8 Å². The summed E-state index contributed by atoms with van der Waals surface area (Å²) >= 11 is 6.25. The number of amides is 1. The second-order valence-electron chi connectivity index (χ2n) is 7.60. The van der Waals surface area contributed by atoms with E-state index in [1.54, 1.807) is 44.2 Å². The fourth-order valence-corrected chi connectivity index (χ4v) is 5.47. The molecule has 7 nitrogen and oxygen atoms in total. The molecule has 1 fully saturated rings. The van der Waals surface area contributed by atoms with E-state index in [4.69, 9.17) is 21.1 Å². The van der Waals surface area contributed by atoms with Crippen molar-refractivity contribution < 1.29 is 22.7 Å². The molecule has 0 saturated carbocycles. The van der Waals surface area contributed by atoms with Gasteiger partial charge in [0.1, 0.15) is 11.0 Å². The quantitative estimate of drug-likeness (QED) is 0.572. The summed E-state index contributed by atoms with van der Waals surface area (Å²) in [5, 5.41) is 2.80. The van der Waals surface area contributed by atoms with E-state index in [0.29, 0.717) is 24.6 Å². The Morgan fingerprint density at radius 1 is 1.25 bits per heavy atom. The third-order valence-electron chi connectivity index (χ3n) is 5.27. The molecule has 1 aliphatic rings. The summed E-state index contributed by atoms with van der Waals surface area (Å²) in [5.41, 5.74) is 0.860. The van der Waals surface area contributed by atoms with Crippen molar-refractivity contribution in [3.05, 3.63) is 53.6 Å². The van der Waals surface area contributed by atoms with E-state index in [9.17, 15) is 13.2 Å². The van der Waals surface area contributed by atoms with Gasteiger partial charge in [-0.05, 0) is 63.4 Å². The smallest absolute Gasteiger partial charge is 0.265 e. The number of benzene rings is 2. The maximum atomic E-state index is 13.3. The van der Waals surface area contributed by atoms with Crippen molar-refractivity contribution in [2.45, 2.75) is 50.2 Å². The second kappa shape index (κ2) is 11.1. The molecule has 32 heavy (non-hydrogen) atoms. The van der Waals surface area contributed by atoms with Crippen LogP contribution in [0.2, 0.25) is 5.02 Å². The number of anilines is 2. The molecule has 0 aromatic heterocycles. The standard InChI is InChI=1S/C23H29ClN2O5S/c1-3-26(19-9-5-4-6-10-19)32(28,29)22-15-18(12-13-21(22)24)25-23(27)17(2)31-16-20-11-7-8-14-30-20/h4-6,9-10,12-13,15,17,20H,3,7-8,11,14,16H2,1-2H3,(H,25,27). The van der Waals surface area contributed by atoms with Gasteiger partial charge in [0.2, 0.25) is 0 Å². The Labute approximate surface area is 194 Å². The van der Waals surface area contributed by atoms with E-state index in [1.807, 2.05) is 6.07 Å². The predicted molar refractivity (Wildman–Crippen MR) is 126 cm³/mol. The molecule has 9 heteroatoms. The van der Waals surface area contributed by atoms with Crippen LogP contribution >= 0.6 is 11.6 Å². The van der Waals surface area contributed by atoms with Gasteiger partial charge in [0.25, 0.3) is 15.9 Å². The molecule has 3 rings (SSSR count). The summed E-state index contributed by atoms with van der Waals surface area (Å²) < 4.78 is 39.2. The zero-order valence-electron chi connectivity index (χ0n) is 18.3. The summed E-state index contributed by atoms with van der Waals surface area (Å²) in [6.07, 6.45) is 2.35. The first-order valence-corrected chi connectivity index (χ1v) is 12.6. The number of carbonyl (C=O) groups excluding carboxylic acids is 1. The second-order valence-corrected chi connectivity index (χ2v) is 9.84. The largest absolute Gasteiger partial charge is 0.376 e. The zero-order valence-corrected chi connectivity index (χ0v) is 19.9. The van der Waals surface area contributed by atoms with Crippen molar-refractivity contribution in [2.24, 2.45) is 0 Å². The Morgan fingerprint density at radius 2 is 2.00 bits per heavy atom. The zero-order chi connectivity index (χ0) is 23.1. The fourth-order valence-electron chi connectivity index (χ4n) is 3.49. The van der Waals surface area contributed by atoms with E-state index in [-0.39, 0.29) is 28.5 Å². The molecule has 174 valence electrons. The van der Waals surface area contributed by atoms with Crippen LogP contribution in [0.5, 0.6) is 0 Å². The number of hydrogen-bond donors (Lipinski definition) is 1. The minimum Gasteiger partial charge on any atom is -0.376 e. The average Bonchev–Trinajstić information content (AvgIpc) is 2.80. The van der Waals surface area contributed by atoms with Gasteiger partial charge in [0, 0.05) is 18.8 Å². The molecular formula is C23H29ClN2O5S. The summed E-state index contributed by atoms with van der Waals surface area (Å²) in [7, 11) is -3.94. The number of hydrogen-bond acceptors (Lipinski definition) is 5. The number of nitrogens with zero attached hydrogens (tertiary/aromatic N) is 1. The van der Waals surface area contributed by atoms with Gasteiger partial charge in [-0.1, -0.05) is 29.8 Å². The lowest BCUT2D eigenvalue weighted by Gasteiger charge is -2.24. The van der Waals surface area contributed by atoms with Gasteiger partial charge in [0.05, 0.1) is 23.4 Å². The van der Waals surface area contributed by atoms with Crippen molar-refractivity contribution in [1.82, 2.24) is 0 Å². The third kappa shape index (κ3) is 6.01. The highest BCUT2D eigenvalue weighted by Gasteiger charge is 2.27. The molecule has 0 aliphatic carbocycles. The molecule has 1 amide bonds. The first-order valence-electron chi connectivity index (χ1n) is 10.7. The molecule has 1 aliphatic heterocycles. The van der Waals surface area contributed by atoms with Crippen LogP contribution in [0.4, 0.5) is 11.4 Å². The molecule has 0 bridgehead atoms. The van der Waals surface area contributed by atoms with Gasteiger partial charge in [-0.3, -0.25) is 9.10 Å². The first kappa shape index (κ1) is 24.5. The molecule has 2 unspecified atom stereocenters. The summed E-state index contributed by atoms with van der Waals surface area (Å²) in [6.45, 7) is 4.69. The Morgan fingerprint density at radius 3 is 2.66 bits per heavy atom. The molecule has 1 saturated heterocycles. The topological polar surface area (TPSA) is 84.9 Å². The van der Waals surface area contributed by atoms with Crippen molar-refractivity contribution in [3.63, 3.8) is 0 Å². The predicted octanol–water partition coefficient (Wildman–Crippen LogP) is 4.47. The fraction of sp³-hybridized carbons (Fsp3) is 0.435. The molecule has 1 heterocycles.